The van der Waals surface area contributed by atoms with Crippen molar-refractivity contribution in [3.8, 4) is 0 Å². The molecule has 1 aliphatic rings. The molecule has 1 fully saturated rings. The molecule has 2 rings (SSSR count). The van der Waals surface area contributed by atoms with Gasteiger partial charge in [-0.25, -0.2) is 0 Å². The lowest BCUT2D eigenvalue weighted by atomic mass is 10.1. The van der Waals surface area contributed by atoms with Gasteiger partial charge in [-0.2, -0.15) is 11.8 Å². The Morgan fingerprint density at radius 2 is 2.17 bits per heavy atom. The fourth-order valence-corrected chi connectivity index (χ4v) is 3.60. The van der Waals surface area contributed by atoms with Crippen LogP contribution in [0, 0.1) is 0 Å². The molecule has 0 unspecified atom stereocenters. The summed E-state index contributed by atoms with van der Waals surface area (Å²) in [6.45, 7) is 6.61. The van der Waals surface area contributed by atoms with Gasteiger partial charge in [0.2, 0.25) is 0 Å². The highest BCUT2D eigenvalue weighted by Gasteiger charge is 2.24. The molecule has 0 bridgehead atoms. The Morgan fingerprint density at radius 3 is 2.89 bits per heavy atom. The molecule has 0 atom stereocenters. The summed E-state index contributed by atoms with van der Waals surface area (Å²) in [5.41, 5.74) is 1.83. The highest BCUT2D eigenvalue weighted by Crippen LogP contribution is 2.33. The molecule has 0 amide bonds. The maximum Gasteiger partial charge on any atom is 0.152 e. The van der Waals surface area contributed by atoms with Crippen LogP contribution in [-0.4, -0.2) is 29.9 Å². The van der Waals surface area contributed by atoms with Crippen molar-refractivity contribution in [1.29, 1.82) is 0 Å². The van der Waals surface area contributed by atoms with E-state index in [0.29, 0.717) is 4.75 Å². The van der Waals surface area contributed by atoms with Crippen LogP contribution in [0.5, 0.6) is 0 Å². The van der Waals surface area contributed by atoms with Crippen LogP contribution in [0.25, 0.3) is 0 Å². The molecule has 4 heteroatoms. The number of carbonyl (C=O) groups excluding carboxylic acids is 1. The molecule has 0 aliphatic carbocycles. The van der Waals surface area contributed by atoms with Gasteiger partial charge >= 0.3 is 0 Å². The summed E-state index contributed by atoms with van der Waals surface area (Å²) in [7, 11) is 0. The standard InChI is InChI=1S/C14H18BrNOS/c1-14(2)5-6-16(7-8-18-14)13-9-12(15)4-3-11(13)10-17/h3-4,9-10H,5-8H2,1-2H3. The molecular weight excluding hydrogens is 310 g/mol. The third-order valence-electron chi connectivity index (χ3n) is 3.30. The molecule has 1 heterocycles. The van der Waals surface area contributed by atoms with Gasteiger partial charge in [0, 0.05) is 39.3 Å². The number of carbonyl (C=O) groups is 1. The topological polar surface area (TPSA) is 20.3 Å². The molecule has 0 saturated carbocycles. The van der Waals surface area contributed by atoms with E-state index in [9.17, 15) is 4.79 Å². The number of benzene rings is 1. The maximum atomic E-state index is 11.1. The first-order valence-electron chi connectivity index (χ1n) is 6.15. The predicted octanol–water partition coefficient (Wildman–Crippen LogP) is 3.98. The molecule has 1 aromatic rings. The first kappa shape index (κ1) is 13.9. The van der Waals surface area contributed by atoms with E-state index in [0.717, 1.165) is 47.3 Å². The second kappa shape index (κ2) is 5.66. The van der Waals surface area contributed by atoms with Crippen molar-refractivity contribution < 1.29 is 4.79 Å². The van der Waals surface area contributed by atoms with Gasteiger partial charge in [0.05, 0.1) is 0 Å². The van der Waals surface area contributed by atoms with Gasteiger partial charge in [0.1, 0.15) is 0 Å². The molecule has 0 radical (unpaired) electrons. The summed E-state index contributed by atoms with van der Waals surface area (Å²) >= 11 is 5.50. The number of anilines is 1. The van der Waals surface area contributed by atoms with Crippen LogP contribution in [0.2, 0.25) is 0 Å². The normalized spacial score (nSPS) is 19.4. The van der Waals surface area contributed by atoms with Gasteiger partial charge < -0.3 is 4.90 Å². The van der Waals surface area contributed by atoms with Gasteiger partial charge in [0.25, 0.3) is 0 Å². The van der Waals surface area contributed by atoms with E-state index < -0.39 is 0 Å². The molecule has 0 N–H and O–H groups in total. The van der Waals surface area contributed by atoms with Crippen molar-refractivity contribution in [2.75, 3.05) is 23.7 Å². The summed E-state index contributed by atoms with van der Waals surface area (Å²) in [6, 6.07) is 5.85. The Balaban J connectivity index is 2.25. The Bertz CT molecular complexity index is 447. The molecule has 0 aromatic heterocycles. The second-order valence-electron chi connectivity index (χ2n) is 5.17. The average Bonchev–Trinajstić information content (AvgIpc) is 2.50. The van der Waals surface area contributed by atoms with E-state index in [2.05, 4.69) is 34.7 Å². The van der Waals surface area contributed by atoms with E-state index in [1.165, 1.54) is 0 Å². The molecule has 1 aromatic carbocycles. The van der Waals surface area contributed by atoms with E-state index in [-0.39, 0.29) is 0 Å². The van der Waals surface area contributed by atoms with Crippen LogP contribution in [0.4, 0.5) is 5.69 Å². The summed E-state index contributed by atoms with van der Waals surface area (Å²) < 4.78 is 1.36. The van der Waals surface area contributed by atoms with Gasteiger partial charge in [-0.1, -0.05) is 29.8 Å². The second-order valence-corrected chi connectivity index (χ2v) is 7.88. The van der Waals surface area contributed by atoms with Crippen molar-refractivity contribution in [3.63, 3.8) is 0 Å². The quantitative estimate of drug-likeness (QED) is 0.766. The SMILES string of the molecule is CC1(C)CCN(c2cc(Br)ccc2C=O)CCS1. The summed E-state index contributed by atoms with van der Waals surface area (Å²) in [5.74, 6) is 1.11. The zero-order valence-corrected chi connectivity index (χ0v) is 13.2. The van der Waals surface area contributed by atoms with Gasteiger partial charge in [-0.15, -0.1) is 0 Å². The summed E-state index contributed by atoms with van der Waals surface area (Å²) in [4.78, 5) is 13.5. The van der Waals surface area contributed by atoms with Gasteiger partial charge in [-0.3, -0.25) is 4.79 Å². The highest BCUT2D eigenvalue weighted by atomic mass is 79.9. The van der Waals surface area contributed by atoms with Crippen LogP contribution in [-0.2, 0) is 0 Å². The Morgan fingerprint density at radius 1 is 1.39 bits per heavy atom. The summed E-state index contributed by atoms with van der Waals surface area (Å²) in [6.07, 6.45) is 2.09. The molecule has 1 saturated heterocycles. The van der Waals surface area contributed by atoms with Gasteiger partial charge in [0.15, 0.2) is 6.29 Å². The minimum Gasteiger partial charge on any atom is -0.370 e. The highest BCUT2D eigenvalue weighted by molar-refractivity contribution is 9.10. The van der Waals surface area contributed by atoms with Gasteiger partial charge in [-0.05, 0) is 24.6 Å². The zero-order valence-electron chi connectivity index (χ0n) is 10.8. The number of thioether (sulfide) groups is 1. The fourth-order valence-electron chi connectivity index (χ4n) is 2.15. The Hall–Kier alpha value is -0.480. The number of rotatable bonds is 2. The van der Waals surface area contributed by atoms with Crippen LogP contribution in [0.15, 0.2) is 22.7 Å². The van der Waals surface area contributed by atoms with Crippen molar-refractivity contribution in [3.05, 3.63) is 28.2 Å². The third kappa shape index (κ3) is 3.29. The van der Waals surface area contributed by atoms with Crippen LogP contribution in [0.3, 0.4) is 0 Å². The minimum atomic E-state index is 0.335. The number of hydrogen-bond donors (Lipinski definition) is 0. The first-order valence-corrected chi connectivity index (χ1v) is 7.93. The molecule has 18 heavy (non-hydrogen) atoms. The fraction of sp³-hybridized carbons (Fsp3) is 0.500. The summed E-state index contributed by atoms with van der Waals surface area (Å²) in [5, 5.41) is 0. The lowest BCUT2D eigenvalue weighted by Crippen LogP contribution is -2.27. The number of hydrogen-bond acceptors (Lipinski definition) is 3. The predicted molar refractivity (Wildman–Crippen MR) is 82.9 cm³/mol. The number of nitrogens with zero attached hydrogens (tertiary/aromatic N) is 1. The lowest BCUT2D eigenvalue weighted by Gasteiger charge is -2.25. The van der Waals surface area contributed by atoms with Crippen LogP contribution >= 0.6 is 27.7 Å². The number of halogens is 1. The number of aldehydes is 1. The van der Waals surface area contributed by atoms with E-state index in [4.69, 9.17) is 0 Å². The lowest BCUT2D eigenvalue weighted by molar-refractivity contribution is 0.112. The zero-order chi connectivity index (χ0) is 13.2. The average molecular weight is 328 g/mol. The van der Waals surface area contributed by atoms with Crippen molar-refractivity contribution in [2.24, 2.45) is 0 Å². The third-order valence-corrected chi connectivity index (χ3v) is 5.16. The minimum absolute atomic E-state index is 0.335. The van der Waals surface area contributed by atoms with Crippen molar-refractivity contribution >= 4 is 39.7 Å². The largest absolute Gasteiger partial charge is 0.370 e. The van der Waals surface area contributed by atoms with Crippen LogP contribution in [0.1, 0.15) is 30.6 Å². The first-order chi connectivity index (χ1) is 8.52. The molecule has 98 valence electrons. The van der Waals surface area contributed by atoms with Crippen LogP contribution < -0.4 is 4.90 Å². The monoisotopic (exact) mass is 327 g/mol. The van der Waals surface area contributed by atoms with E-state index in [1.54, 1.807) is 0 Å². The van der Waals surface area contributed by atoms with Crippen molar-refractivity contribution in [2.45, 2.75) is 25.0 Å². The molecule has 2 nitrogen and oxygen atoms in total. The Kier molecular flexibility index (Phi) is 4.38. The molecule has 1 aliphatic heterocycles. The maximum absolute atomic E-state index is 11.1. The van der Waals surface area contributed by atoms with E-state index in [1.807, 2.05) is 30.0 Å². The molecular formula is C14H18BrNOS. The molecule has 0 spiro atoms. The van der Waals surface area contributed by atoms with Crippen molar-refractivity contribution in [1.82, 2.24) is 0 Å². The van der Waals surface area contributed by atoms with E-state index >= 15 is 0 Å². The smallest absolute Gasteiger partial charge is 0.152 e. The Labute approximate surface area is 121 Å².